The maximum atomic E-state index is 12.3. The molecule has 0 aliphatic carbocycles. The van der Waals surface area contributed by atoms with E-state index in [-0.39, 0.29) is 16.9 Å². The number of pyridine rings is 1. The van der Waals surface area contributed by atoms with Crippen LogP contribution in [0, 0.1) is 0 Å². The van der Waals surface area contributed by atoms with Crippen molar-refractivity contribution in [1.29, 1.82) is 0 Å². The van der Waals surface area contributed by atoms with Crippen molar-refractivity contribution in [2.75, 3.05) is 26.2 Å². The number of nitrogens with zero attached hydrogens (tertiary/aromatic N) is 1. The summed E-state index contributed by atoms with van der Waals surface area (Å²) in [6, 6.07) is 7.23. The van der Waals surface area contributed by atoms with Gasteiger partial charge in [-0.1, -0.05) is 12.1 Å². The zero-order valence-electron chi connectivity index (χ0n) is 10.5. The molecule has 2 aromatic rings. The highest BCUT2D eigenvalue weighted by Gasteiger charge is 2.21. The van der Waals surface area contributed by atoms with Crippen LogP contribution in [0.25, 0.3) is 10.9 Å². The third kappa shape index (κ3) is 2.13. The van der Waals surface area contributed by atoms with Gasteiger partial charge in [-0.2, -0.15) is 0 Å². The first-order valence-electron chi connectivity index (χ1n) is 6.38. The Morgan fingerprint density at radius 1 is 1.16 bits per heavy atom. The van der Waals surface area contributed by atoms with Crippen molar-refractivity contribution in [3.05, 3.63) is 46.2 Å². The van der Waals surface area contributed by atoms with Crippen LogP contribution in [0.4, 0.5) is 0 Å². The van der Waals surface area contributed by atoms with Gasteiger partial charge in [0, 0.05) is 43.3 Å². The van der Waals surface area contributed by atoms with Gasteiger partial charge in [0.05, 0.1) is 0 Å². The molecule has 0 unspecified atom stereocenters. The number of rotatable bonds is 1. The van der Waals surface area contributed by atoms with Crippen molar-refractivity contribution in [2.45, 2.75) is 0 Å². The molecule has 1 aliphatic rings. The van der Waals surface area contributed by atoms with Gasteiger partial charge in [-0.25, -0.2) is 0 Å². The van der Waals surface area contributed by atoms with Gasteiger partial charge >= 0.3 is 0 Å². The van der Waals surface area contributed by atoms with E-state index in [1.165, 1.54) is 6.20 Å². The fraction of sp³-hybridized carbons (Fsp3) is 0.286. The molecule has 5 nitrogen and oxygen atoms in total. The van der Waals surface area contributed by atoms with E-state index in [2.05, 4.69) is 10.3 Å². The number of hydrogen-bond donors (Lipinski definition) is 2. The lowest BCUT2D eigenvalue weighted by atomic mass is 10.1. The van der Waals surface area contributed by atoms with Crippen LogP contribution < -0.4 is 10.7 Å². The molecule has 2 heterocycles. The van der Waals surface area contributed by atoms with Gasteiger partial charge in [-0.05, 0) is 12.1 Å². The van der Waals surface area contributed by atoms with Crippen LogP contribution in [-0.4, -0.2) is 42.0 Å². The normalized spacial score (nSPS) is 15.7. The second-order valence-corrected chi connectivity index (χ2v) is 4.62. The minimum atomic E-state index is -0.196. The van der Waals surface area contributed by atoms with E-state index in [9.17, 15) is 9.59 Å². The fourth-order valence-corrected chi connectivity index (χ4v) is 2.36. The standard InChI is InChI=1S/C14H15N3O2/c18-13-10-3-1-2-4-12(10)16-9-11(13)14(19)17-7-5-15-6-8-17/h1-4,9,15H,5-8H2,(H,16,18). The topological polar surface area (TPSA) is 65.2 Å². The lowest BCUT2D eigenvalue weighted by Crippen LogP contribution is -2.47. The molecule has 1 aromatic heterocycles. The summed E-state index contributed by atoms with van der Waals surface area (Å²) in [5.41, 5.74) is 0.780. The van der Waals surface area contributed by atoms with Crippen LogP contribution in [0.15, 0.2) is 35.3 Å². The molecule has 0 radical (unpaired) electrons. The first-order chi connectivity index (χ1) is 9.27. The molecule has 1 aromatic carbocycles. The highest BCUT2D eigenvalue weighted by Crippen LogP contribution is 2.09. The number of H-pyrrole nitrogens is 1. The smallest absolute Gasteiger partial charge is 0.259 e. The van der Waals surface area contributed by atoms with Crippen molar-refractivity contribution >= 4 is 16.8 Å². The number of para-hydroxylation sites is 1. The maximum absolute atomic E-state index is 12.3. The van der Waals surface area contributed by atoms with Gasteiger partial charge in [-0.3, -0.25) is 9.59 Å². The van der Waals surface area contributed by atoms with Crippen LogP contribution in [0.1, 0.15) is 10.4 Å². The molecule has 1 fully saturated rings. The zero-order chi connectivity index (χ0) is 13.2. The molecule has 0 atom stereocenters. The summed E-state index contributed by atoms with van der Waals surface area (Å²) in [4.78, 5) is 29.4. The van der Waals surface area contributed by atoms with Crippen LogP contribution in [0.5, 0.6) is 0 Å². The molecular weight excluding hydrogens is 242 g/mol. The van der Waals surface area contributed by atoms with E-state index in [1.54, 1.807) is 17.0 Å². The largest absolute Gasteiger partial charge is 0.360 e. The van der Waals surface area contributed by atoms with Gasteiger partial charge in [0.25, 0.3) is 5.91 Å². The van der Waals surface area contributed by atoms with Crippen molar-refractivity contribution < 1.29 is 4.79 Å². The summed E-state index contributed by atoms with van der Waals surface area (Å²) in [6.45, 7) is 2.84. The average molecular weight is 257 g/mol. The Hall–Kier alpha value is -2.14. The molecule has 0 spiro atoms. The minimum Gasteiger partial charge on any atom is -0.360 e. The Labute approximate surface area is 110 Å². The average Bonchev–Trinajstić information content (AvgIpc) is 2.48. The van der Waals surface area contributed by atoms with E-state index in [0.29, 0.717) is 18.5 Å². The zero-order valence-corrected chi connectivity index (χ0v) is 10.5. The van der Waals surface area contributed by atoms with E-state index in [4.69, 9.17) is 0 Å². The van der Waals surface area contributed by atoms with Gasteiger partial charge in [-0.15, -0.1) is 0 Å². The van der Waals surface area contributed by atoms with Gasteiger partial charge in [0.15, 0.2) is 0 Å². The van der Waals surface area contributed by atoms with Gasteiger partial charge < -0.3 is 15.2 Å². The molecule has 0 bridgehead atoms. The Bertz CT molecular complexity index is 672. The maximum Gasteiger partial charge on any atom is 0.259 e. The van der Waals surface area contributed by atoms with Crippen molar-refractivity contribution in [1.82, 2.24) is 15.2 Å². The third-order valence-electron chi connectivity index (χ3n) is 3.42. The van der Waals surface area contributed by atoms with Crippen LogP contribution in [-0.2, 0) is 0 Å². The molecule has 1 saturated heterocycles. The number of carbonyl (C=O) groups excluding carboxylic acids is 1. The highest BCUT2D eigenvalue weighted by molar-refractivity contribution is 5.97. The number of hydrogen-bond acceptors (Lipinski definition) is 3. The fourth-order valence-electron chi connectivity index (χ4n) is 2.36. The molecule has 1 amide bonds. The monoisotopic (exact) mass is 257 g/mol. The first-order valence-corrected chi connectivity index (χ1v) is 6.38. The van der Waals surface area contributed by atoms with Crippen LogP contribution in [0.3, 0.4) is 0 Å². The summed E-state index contributed by atoms with van der Waals surface area (Å²) in [6.07, 6.45) is 1.52. The molecule has 19 heavy (non-hydrogen) atoms. The lowest BCUT2D eigenvalue weighted by molar-refractivity contribution is 0.0734. The van der Waals surface area contributed by atoms with E-state index in [0.717, 1.165) is 18.6 Å². The summed E-state index contributed by atoms with van der Waals surface area (Å²) in [5, 5.41) is 3.74. The predicted molar refractivity (Wildman–Crippen MR) is 73.3 cm³/mol. The number of carbonyl (C=O) groups is 1. The summed E-state index contributed by atoms with van der Waals surface area (Å²) in [7, 11) is 0. The van der Waals surface area contributed by atoms with Gasteiger partial charge in [0.2, 0.25) is 5.43 Å². The number of aromatic nitrogens is 1. The van der Waals surface area contributed by atoms with Crippen LogP contribution >= 0.6 is 0 Å². The summed E-state index contributed by atoms with van der Waals surface area (Å²) >= 11 is 0. The first kappa shape index (κ1) is 11.9. The SMILES string of the molecule is O=C(c1c[nH]c2ccccc2c1=O)N1CCNCC1. The highest BCUT2D eigenvalue weighted by atomic mass is 16.2. The Morgan fingerprint density at radius 3 is 2.68 bits per heavy atom. The summed E-state index contributed by atoms with van der Waals surface area (Å²) < 4.78 is 0. The number of nitrogens with one attached hydrogen (secondary N) is 2. The molecule has 2 N–H and O–H groups in total. The minimum absolute atomic E-state index is 0.187. The second kappa shape index (κ2) is 4.85. The second-order valence-electron chi connectivity index (χ2n) is 4.62. The molecule has 98 valence electrons. The number of aromatic amines is 1. The van der Waals surface area contributed by atoms with E-state index >= 15 is 0 Å². The quantitative estimate of drug-likeness (QED) is 0.785. The number of benzene rings is 1. The summed E-state index contributed by atoms with van der Waals surface area (Å²) in [5.74, 6) is -0.187. The molecule has 1 aliphatic heterocycles. The van der Waals surface area contributed by atoms with E-state index in [1.807, 2.05) is 12.1 Å². The van der Waals surface area contributed by atoms with E-state index < -0.39 is 0 Å². The molecule has 5 heteroatoms. The molecule has 0 saturated carbocycles. The Kier molecular flexibility index (Phi) is 3.05. The lowest BCUT2D eigenvalue weighted by Gasteiger charge is -2.27. The number of fused-ring (bicyclic) bond motifs is 1. The number of piperazine rings is 1. The van der Waals surface area contributed by atoms with Crippen molar-refractivity contribution in [3.63, 3.8) is 0 Å². The van der Waals surface area contributed by atoms with Gasteiger partial charge in [0.1, 0.15) is 5.56 Å². The molecular formula is C14H15N3O2. The van der Waals surface area contributed by atoms with Crippen molar-refractivity contribution in [3.8, 4) is 0 Å². The Balaban J connectivity index is 2.03. The number of amides is 1. The van der Waals surface area contributed by atoms with Crippen molar-refractivity contribution in [2.24, 2.45) is 0 Å². The predicted octanol–water partition coefficient (Wildman–Crippen LogP) is 0.573. The van der Waals surface area contributed by atoms with Crippen LogP contribution in [0.2, 0.25) is 0 Å². The third-order valence-corrected chi connectivity index (χ3v) is 3.42. The Morgan fingerprint density at radius 2 is 1.89 bits per heavy atom. The molecule has 3 rings (SSSR count).